The SMILES string of the molecule is CCO[C@@H]1[C@@H]2NC[C@H]1OC2OC.CCO[C@@H]1[C@H]2C(OC)O[C@@H]1CN2C. The molecular formula is C17H32N2O6. The van der Waals surface area contributed by atoms with Crippen LogP contribution in [0.1, 0.15) is 13.8 Å². The Morgan fingerprint density at radius 1 is 0.960 bits per heavy atom. The number of fused-ring (bicyclic) bond motifs is 4. The Morgan fingerprint density at radius 3 is 2.20 bits per heavy atom. The molecule has 4 bridgehead atoms. The molecule has 0 saturated carbocycles. The van der Waals surface area contributed by atoms with Gasteiger partial charge in [0.05, 0.1) is 12.1 Å². The molecule has 4 aliphatic heterocycles. The highest BCUT2D eigenvalue weighted by atomic mass is 16.7. The largest absolute Gasteiger partial charge is 0.374 e. The highest BCUT2D eigenvalue weighted by Gasteiger charge is 2.53. The first-order chi connectivity index (χ1) is 12.1. The van der Waals surface area contributed by atoms with E-state index in [1.165, 1.54) is 0 Å². The van der Waals surface area contributed by atoms with Crippen molar-refractivity contribution in [1.29, 1.82) is 0 Å². The van der Waals surface area contributed by atoms with E-state index in [-0.39, 0.29) is 49.1 Å². The van der Waals surface area contributed by atoms with E-state index in [4.69, 9.17) is 28.4 Å². The summed E-state index contributed by atoms with van der Waals surface area (Å²) >= 11 is 0. The minimum absolute atomic E-state index is 0.111. The lowest BCUT2D eigenvalue weighted by Crippen LogP contribution is -2.43. The van der Waals surface area contributed by atoms with Gasteiger partial charge in [-0.1, -0.05) is 0 Å². The molecule has 8 heteroatoms. The summed E-state index contributed by atoms with van der Waals surface area (Å²) in [5.41, 5.74) is 0. The second-order valence-electron chi connectivity index (χ2n) is 6.76. The smallest absolute Gasteiger partial charge is 0.175 e. The summed E-state index contributed by atoms with van der Waals surface area (Å²) in [5, 5.41) is 3.32. The second kappa shape index (κ2) is 8.58. The molecule has 4 fully saturated rings. The van der Waals surface area contributed by atoms with Crippen LogP contribution >= 0.6 is 0 Å². The van der Waals surface area contributed by atoms with Gasteiger partial charge in [-0.25, -0.2) is 0 Å². The predicted molar refractivity (Wildman–Crippen MR) is 90.4 cm³/mol. The average molecular weight is 360 g/mol. The summed E-state index contributed by atoms with van der Waals surface area (Å²) in [6, 6.07) is 0.495. The molecule has 4 aliphatic rings. The van der Waals surface area contributed by atoms with Crippen LogP contribution in [0.15, 0.2) is 0 Å². The van der Waals surface area contributed by atoms with Gasteiger partial charge in [-0.2, -0.15) is 0 Å². The number of likely N-dealkylation sites (tertiary alicyclic amines) is 1. The van der Waals surface area contributed by atoms with Crippen LogP contribution in [0.5, 0.6) is 0 Å². The monoisotopic (exact) mass is 360 g/mol. The fourth-order valence-corrected chi connectivity index (χ4v) is 4.26. The molecule has 146 valence electrons. The van der Waals surface area contributed by atoms with Crippen molar-refractivity contribution < 1.29 is 28.4 Å². The van der Waals surface area contributed by atoms with Crippen molar-refractivity contribution in [2.24, 2.45) is 0 Å². The molecule has 0 aromatic carbocycles. The first-order valence-electron chi connectivity index (χ1n) is 9.17. The van der Waals surface area contributed by atoms with Crippen LogP contribution in [0.2, 0.25) is 0 Å². The van der Waals surface area contributed by atoms with Gasteiger partial charge in [0.25, 0.3) is 0 Å². The van der Waals surface area contributed by atoms with Crippen LogP contribution < -0.4 is 5.32 Å². The van der Waals surface area contributed by atoms with Gasteiger partial charge in [0.15, 0.2) is 12.6 Å². The molecule has 0 aromatic heterocycles. The highest BCUT2D eigenvalue weighted by molar-refractivity contribution is 5.02. The molecule has 4 saturated heterocycles. The number of hydrogen-bond donors (Lipinski definition) is 1. The second-order valence-corrected chi connectivity index (χ2v) is 6.76. The van der Waals surface area contributed by atoms with Crippen LogP contribution in [0, 0.1) is 0 Å². The first kappa shape index (κ1) is 19.4. The summed E-state index contributed by atoms with van der Waals surface area (Å²) < 4.78 is 32.8. The van der Waals surface area contributed by atoms with E-state index in [2.05, 4.69) is 17.3 Å². The minimum Gasteiger partial charge on any atom is -0.374 e. The van der Waals surface area contributed by atoms with Gasteiger partial charge in [0, 0.05) is 40.5 Å². The van der Waals surface area contributed by atoms with Gasteiger partial charge in [-0.15, -0.1) is 0 Å². The van der Waals surface area contributed by atoms with Gasteiger partial charge < -0.3 is 33.7 Å². The quantitative estimate of drug-likeness (QED) is 0.699. The molecule has 4 heterocycles. The molecule has 2 unspecified atom stereocenters. The fraction of sp³-hybridized carbons (Fsp3) is 1.00. The third-order valence-corrected chi connectivity index (χ3v) is 5.33. The molecule has 4 rings (SSSR count). The summed E-state index contributed by atoms with van der Waals surface area (Å²) in [6.45, 7) is 7.33. The summed E-state index contributed by atoms with van der Waals surface area (Å²) in [4.78, 5) is 2.25. The van der Waals surface area contributed by atoms with Gasteiger partial charge in [-0.05, 0) is 20.9 Å². The van der Waals surface area contributed by atoms with Crippen LogP contribution in [-0.4, -0.2) is 102 Å². The summed E-state index contributed by atoms with van der Waals surface area (Å²) in [7, 11) is 5.43. The van der Waals surface area contributed by atoms with Crippen LogP contribution in [0.4, 0.5) is 0 Å². The zero-order valence-electron chi connectivity index (χ0n) is 15.8. The van der Waals surface area contributed by atoms with Crippen molar-refractivity contribution >= 4 is 0 Å². The van der Waals surface area contributed by atoms with Gasteiger partial charge in [-0.3, -0.25) is 4.90 Å². The molecule has 0 aromatic rings. The zero-order valence-corrected chi connectivity index (χ0v) is 15.8. The normalized spacial score (nSPS) is 45.0. The molecular weight excluding hydrogens is 328 g/mol. The van der Waals surface area contributed by atoms with Gasteiger partial charge in [0.2, 0.25) is 0 Å². The fourth-order valence-electron chi connectivity index (χ4n) is 4.26. The van der Waals surface area contributed by atoms with Crippen LogP contribution in [-0.2, 0) is 28.4 Å². The number of likely N-dealkylation sites (N-methyl/N-ethyl adjacent to an activating group) is 1. The first-order valence-corrected chi connectivity index (χ1v) is 9.17. The minimum atomic E-state index is -0.125. The topological polar surface area (TPSA) is 70.7 Å². The molecule has 25 heavy (non-hydrogen) atoms. The lowest BCUT2D eigenvalue weighted by molar-refractivity contribution is -0.163. The number of morpholine rings is 2. The van der Waals surface area contributed by atoms with E-state index in [0.29, 0.717) is 0 Å². The third kappa shape index (κ3) is 3.72. The molecule has 8 nitrogen and oxygen atoms in total. The summed E-state index contributed by atoms with van der Waals surface area (Å²) in [6.07, 6.45) is 0.514. The maximum Gasteiger partial charge on any atom is 0.175 e. The van der Waals surface area contributed by atoms with Crippen molar-refractivity contribution in [2.45, 2.75) is 62.9 Å². The number of hydrogen-bond acceptors (Lipinski definition) is 8. The third-order valence-electron chi connectivity index (χ3n) is 5.33. The van der Waals surface area contributed by atoms with Crippen molar-refractivity contribution in [2.75, 3.05) is 47.6 Å². The maximum absolute atomic E-state index is 5.66. The van der Waals surface area contributed by atoms with E-state index in [9.17, 15) is 0 Å². The average Bonchev–Trinajstić information content (AvgIpc) is 3.34. The number of methoxy groups -OCH3 is 2. The van der Waals surface area contributed by atoms with E-state index >= 15 is 0 Å². The van der Waals surface area contributed by atoms with Crippen molar-refractivity contribution in [1.82, 2.24) is 10.2 Å². The van der Waals surface area contributed by atoms with Crippen molar-refractivity contribution in [3.63, 3.8) is 0 Å². The van der Waals surface area contributed by atoms with Gasteiger partial charge in [0.1, 0.15) is 24.4 Å². The standard InChI is InChI=1S/C9H17NO3.C8H15NO3/c1-4-12-8-6-5-10(2)7(8)9(11-3)13-6;1-3-11-7-5-4-9-6(7)8(10-2)12-5/h6-9H,4-5H2,1-3H3;5-9H,3-4H2,1-2H3/t6-,7+,8+,9?;5-,6+,7+,8?/m11/s1. The molecule has 0 radical (unpaired) electrons. The van der Waals surface area contributed by atoms with E-state index in [1.54, 1.807) is 14.2 Å². The lowest BCUT2D eigenvalue weighted by atomic mass is 10.2. The van der Waals surface area contributed by atoms with E-state index in [0.717, 1.165) is 26.3 Å². The Bertz CT molecular complexity index is 428. The Labute approximate surface area is 150 Å². The number of rotatable bonds is 6. The molecule has 8 atom stereocenters. The van der Waals surface area contributed by atoms with Crippen molar-refractivity contribution in [3.05, 3.63) is 0 Å². The molecule has 1 N–H and O–H groups in total. The molecule has 0 spiro atoms. The summed E-state index contributed by atoms with van der Waals surface area (Å²) in [5.74, 6) is 0. The number of nitrogens with zero attached hydrogens (tertiary/aromatic N) is 1. The Balaban J connectivity index is 0.000000146. The maximum atomic E-state index is 5.66. The number of nitrogens with one attached hydrogen (secondary N) is 1. The van der Waals surface area contributed by atoms with Crippen molar-refractivity contribution in [3.8, 4) is 0 Å². The Morgan fingerprint density at radius 2 is 1.60 bits per heavy atom. The lowest BCUT2D eigenvalue weighted by Gasteiger charge is -2.28. The highest BCUT2D eigenvalue weighted by Crippen LogP contribution is 2.34. The van der Waals surface area contributed by atoms with E-state index in [1.807, 2.05) is 13.8 Å². The number of ether oxygens (including phenoxy) is 6. The van der Waals surface area contributed by atoms with Crippen LogP contribution in [0.25, 0.3) is 0 Å². The van der Waals surface area contributed by atoms with Gasteiger partial charge >= 0.3 is 0 Å². The Kier molecular flexibility index (Phi) is 6.67. The van der Waals surface area contributed by atoms with Crippen LogP contribution in [0.3, 0.4) is 0 Å². The molecule has 0 aliphatic carbocycles. The van der Waals surface area contributed by atoms with E-state index < -0.39 is 0 Å². The predicted octanol–water partition coefficient (Wildman–Crippen LogP) is -0.189. The zero-order chi connectivity index (χ0) is 18.0. The Hall–Kier alpha value is -0.320. The molecule has 0 amide bonds.